The van der Waals surface area contributed by atoms with Crippen molar-refractivity contribution < 1.29 is 14.6 Å². The number of nitrogens with one attached hydrogen (secondary N) is 1. The summed E-state index contributed by atoms with van der Waals surface area (Å²) in [7, 11) is 0. The molecule has 0 saturated carbocycles. The Morgan fingerprint density at radius 2 is 2.38 bits per heavy atom. The fourth-order valence-electron chi connectivity index (χ4n) is 0.965. The second kappa shape index (κ2) is 6.05. The van der Waals surface area contributed by atoms with Crippen molar-refractivity contribution in [1.29, 1.82) is 0 Å². The summed E-state index contributed by atoms with van der Waals surface area (Å²) < 4.78 is 6.90. The summed E-state index contributed by atoms with van der Waals surface area (Å²) in [6, 6.07) is 1.51. The zero-order valence-corrected chi connectivity index (χ0v) is 11.6. The van der Waals surface area contributed by atoms with Gasteiger partial charge in [-0.1, -0.05) is 0 Å². The van der Waals surface area contributed by atoms with Gasteiger partial charge in [0.2, 0.25) is 5.88 Å². The predicted octanol–water partition coefficient (Wildman–Crippen LogP) is 2.64. The molecule has 7 heteroatoms. The largest absolute Gasteiger partial charge is 0.475 e. The van der Waals surface area contributed by atoms with Gasteiger partial charge in [0, 0.05) is 10.7 Å². The smallest absolute Gasteiger partial charge is 0.404 e. The Bertz CT molecular complexity index is 387. The summed E-state index contributed by atoms with van der Waals surface area (Å²) >= 11 is 6.56. The first-order chi connectivity index (χ1) is 7.49. The lowest BCUT2D eigenvalue weighted by atomic mass is 10.4. The Balaban J connectivity index is 2.51. The topological polar surface area (TPSA) is 71.5 Å². The number of nitrogens with zero attached hydrogens (tertiary/aromatic N) is 1. The number of carboxylic acid groups (broad SMARTS) is 1. The number of hydrogen-bond acceptors (Lipinski definition) is 3. The van der Waals surface area contributed by atoms with Gasteiger partial charge in [-0.3, -0.25) is 0 Å². The van der Waals surface area contributed by atoms with E-state index in [1.165, 1.54) is 0 Å². The number of hydrogen-bond donors (Lipinski definition) is 2. The molecule has 88 valence electrons. The molecule has 0 aliphatic carbocycles. The van der Waals surface area contributed by atoms with Crippen molar-refractivity contribution in [2.24, 2.45) is 0 Å². The highest BCUT2D eigenvalue weighted by molar-refractivity contribution is 9.11. The van der Waals surface area contributed by atoms with Crippen LogP contribution in [-0.4, -0.2) is 28.8 Å². The Hall–Kier alpha value is -0.820. The third-order valence-electron chi connectivity index (χ3n) is 1.61. The maximum atomic E-state index is 10.3. The second-order valence-corrected chi connectivity index (χ2v) is 4.87. The number of ether oxygens (including phenoxy) is 1. The molecule has 2 N–H and O–H groups in total. The molecule has 0 aliphatic heterocycles. The van der Waals surface area contributed by atoms with Gasteiger partial charge in [0.25, 0.3) is 0 Å². The third kappa shape index (κ3) is 4.36. The zero-order chi connectivity index (χ0) is 12.1. The average Bonchev–Trinajstić information content (AvgIpc) is 2.15. The van der Waals surface area contributed by atoms with Crippen LogP contribution in [0, 0.1) is 0 Å². The summed E-state index contributed by atoms with van der Waals surface area (Å²) in [5.74, 6) is 0.433. The number of pyridine rings is 1. The van der Waals surface area contributed by atoms with Crippen LogP contribution in [0.1, 0.15) is 6.92 Å². The van der Waals surface area contributed by atoms with Gasteiger partial charge in [0.05, 0.1) is 10.5 Å². The molecule has 1 aromatic rings. The van der Waals surface area contributed by atoms with Crippen molar-refractivity contribution in [3.05, 3.63) is 21.2 Å². The van der Waals surface area contributed by atoms with Crippen LogP contribution in [0.4, 0.5) is 4.79 Å². The number of aromatic nitrogens is 1. The van der Waals surface area contributed by atoms with E-state index in [1.807, 2.05) is 0 Å². The molecule has 16 heavy (non-hydrogen) atoms. The Labute approximate surface area is 109 Å². The highest BCUT2D eigenvalue weighted by Crippen LogP contribution is 2.25. The average molecular weight is 354 g/mol. The van der Waals surface area contributed by atoms with Gasteiger partial charge >= 0.3 is 6.09 Å². The van der Waals surface area contributed by atoms with E-state index in [0.717, 1.165) is 4.47 Å². The second-order valence-electron chi connectivity index (χ2n) is 3.10. The summed E-state index contributed by atoms with van der Waals surface area (Å²) in [4.78, 5) is 14.4. The van der Waals surface area contributed by atoms with Gasteiger partial charge in [-0.25, -0.2) is 9.78 Å². The van der Waals surface area contributed by atoms with E-state index in [4.69, 9.17) is 9.84 Å². The molecule has 0 spiro atoms. The SMILES string of the molecule is CC(COc1ncc(Br)cc1Br)NC(=O)O. The minimum absolute atomic E-state index is 0.222. The molecule has 0 saturated heterocycles. The van der Waals surface area contributed by atoms with Crippen LogP contribution in [0.15, 0.2) is 21.2 Å². The number of halogens is 2. The predicted molar refractivity (Wildman–Crippen MR) is 65.8 cm³/mol. The summed E-state index contributed by atoms with van der Waals surface area (Å²) in [6.07, 6.45) is 0.536. The van der Waals surface area contributed by atoms with Gasteiger partial charge in [-0.05, 0) is 44.8 Å². The summed E-state index contributed by atoms with van der Waals surface area (Å²) in [6.45, 7) is 1.93. The van der Waals surface area contributed by atoms with Crippen molar-refractivity contribution in [2.75, 3.05) is 6.61 Å². The van der Waals surface area contributed by atoms with Crippen molar-refractivity contribution in [3.8, 4) is 5.88 Å². The fraction of sp³-hybridized carbons (Fsp3) is 0.333. The van der Waals surface area contributed by atoms with Gasteiger partial charge in [0.15, 0.2) is 0 Å². The Morgan fingerprint density at radius 1 is 1.69 bits per heavy atom. The molecular formula is C9H10Br2N2O3. The van der Waals surface area contributed by atoms with Crippen molar-refractivity contribution >= 4 is 38.0 Å². The quantitative estimate of drug-likeness (QED) is 0.872. The third-order valence-corrected chi connectivity index (χ3v) is 2.62. The molecular weight excluding hydrogens is 344 g/mol. The minimum Gasteiger partial charge on any atom is -0.475 e. The first kappa shape index (κ1) is 13.2. The van der Waals surface area contributed by atoms with Crippen LogP contribution in [0.2, 0.25) is 0 Å². The molecule has 1 atom stereocenters. The van der Waals surface area contributed by atoms with E-state index >= 15 is 0 Å². The molecule has 0 radical (unpaired) electrons. The minimum atomic E-state index is -1.07. The van der Waals surface area contributed by atoms with Crippen LogP contribution in [0.5, 0.6) is 5.88 Å². The highest BCUT2D eigenvalue weighted by atomic mass is 79.9. The van der Waals surface area contributed by atoms with E-state index < -0.39 is 6.09 Å². The fourth-order valence-corrected chi connectivity index (χ4v) is 2.07. The molecule has 1 amide bonds. The molecule has 1 rings (SSSR count). The molecule has 1 heterocycles. The molecule has 0 aliphatic rings. The standard InChI is InChI=1S/C9H10Br2N2O3/c1-5(13-9(14)15)4-16-8-7(11)2-6(10)3-12-8/h2-3,5,13H,4H2,1H3,(H,14,15). The lowest BCUT2D eigenvalue weighted by molar-refractivity contribution is 0.182. The van der Waals surface area contributed by atoms with Crippen molar-refractivity contribution in [3.63, 3.8) is 0 Å². The van der Waals surface area contributed by atoms with Crippen molar-refractivity contribution in [1.82, 2.24) is 10.3 Å². The lowest BCUT2D eigenvalue weighted by Crippen LogP contribution is -2.35. The number of carbonyl (C=O) groups is 1. The van der Waals surface area contributed by atoms with E-state index in [1.54, 1.807) is 19.2 Å². The molecule has 1 unspecified atom stereocenters. The summed E-state index contributed by atoms with van der Waals surface area (Å²) in [5.41, 5.74) is 0. The van der Waals surface area contributed by atoms with Gasteiger partial charge in [-0.2, -0.15) is 0 Å². The molecule has 0 fully saturated rings. The van der Waals surface area contributed by atoms with Crippen LogP contribution < -0.4 is 10.1 Å². The first-order valence-electron chi connectivity index (χ1n) is 4.42. The Kier molecular flexibility index (Phi) is 5.01. The van der Waals surface area contributed by atoms with Gasteiger partial charge in [0.1, 0.15) is 6.61 Å². The maximum absolute atomic E-state index is 10.3. The van der Waals surface area contributed by atoms with Crippen molar-refractivity contribution in [2.45, 2.75) is 13.0 Å². The number of amides is 1. The van der Waals surface area contributed by atoms with Crippen LogP contribution in [0.25, 0.3) is 0 Å². The maximum Gasteiger partial charge on any atom is 0.404 e. The van der Waals surface area contributed by atoms with Crippen LogP contribution >= 0.6 is 31.9 Å². The van der Waals surface area contributed by atoms with E-state index in [0.29, 0.717) is 10.4 Å². The van der Waals surface area contributed by atoms with Gasteiger partial charge in [-0.15, -0.1) is 0 Å². The number of rotatable bonds is 4. The zero-order valence-electron chi connectivity index (χ0n) is 8.41. The molecule has 1 aromatic heterocycles. The van der Waals surface area contributed by atoms with Crippen LogP contribution in [-0.2, 0) is 0 Å². The van der Waals surface area contributed by atoms with E-state index in [9.17, 15) is 4.79 Å². The first-order valence-corrected chi connectivity index (χ1v) is 6.01. The molecule has 5 nitrogen and oxygen atoms in total. The molecule has 0 aromatic carbocycles. The monoisotopic (exact) mass is 352 g/mol. The molecule has 0 bridgehead atoms. The highest BCUT2D eigenvalue weighted by Gasteiger charge is 2.08. The van der Waals surface area contributed by atoms with Crippen LogP contribution in [0.3, 0.4) is 0 Å². The van der Waals surface area contributed by atoms with Gasteiger partial charge < -0.3 is 15.2 Å². The van der Waals surface area contributed by atoms with E-state index in [2.05, 4.69) is 42.2 Å². The normalized spacial score (nSPS) is 11.9. The Morgan fingerprint density at radius 3 is 2.94 bits per heavy atom. The van der Waals surface area contributed by atoms with E-state index in [-0.39, 0.29) is 12.6 Å². The lowest BCUT2D eigenvalue weighted by Gasteiger charge is -2.13. The summed E-state index contributed by atoms with van der Waals surface area (Å²) in [5, 5.41) is 10.8.